The molecular weight excluding hydrogens is 257 g/mol. The summed E-state index contributed by atoms with van der Waals surface area (Å²) in [6.45, 7) is 0. The normalized spacial score (nSPS) is 14.4. The summed E-state index contributed by atoms with van der Waals surface area (Å²) < 4.78 is 38.9. The van der Waals surface area contributed by atoms with E-state index in [4.69, 9.17) is 0 Å². The number of rotatable bonds is 2. The minimum Gasteiger partial charge on any atom is -0.314 e. The van der Waals surface area contributed by atoms with Crippen molar-refractivity contribution in [3.8, 4) is 0 Å². The first-order valence-corrected chi connectivity index (χ1v) is 5.97. The zero-order valence-electron chi connectivity index (χ0n) is 10.1. The van der Waals surface area contributed by atoms with Gasteiger partial charge in [0.05, 0.1) is 5.69 Å². The monoisotopic (exact) mass is 270 g/mol. The van der Waals surface area contributed by atoms with Crippen LogP contribution in [0.1, 0.15) is 25.7 Å². The number of hydrogen-bond acceptors (Lipinski definition) is 1. The Balaban J connectivity index is 1.99. The van der Waals surface area contributed by atoms with E-state index in [0.717, 1.165) is 43.4 Å². The number of halogens is 3. The lowest BCUT2D eigenvalue weighted by atomic mass is 10.2. The van der Waals surface area contributed by atoms with Gasteiger partial charge < -0.3 is 10.6 Å². The Hall–Kier alpha value is -1.98. The Morgan fingerprint density at radius 1 is 1.11 bits per heavy atom. The van der Waals surface area contributed by atoms with Crippen LogP contribution < -0.4 is 10.6 Å². The molecule has 0 radical (unpaired) electrons. The van der Waals surface area contributed by atoms with Crippen LogP contribution >= 0.6 is 0 Å². The van der Waals surface area contributed by atoms with Crippen LogP contribution in [0.15, 0.2) is 23.9 Å². The lowest BCUT2D eigenvalue weighted by Gasteiger charge is -2.07. The number of carbonyl (C=O) groups excluding carboxylic acids is 1. The molecule has 0 aromatic heterocycles. The predicted molar refractivity (Wildman–Crippen MR) is 65.0 cm³/mol. The van der Waals surface area contributed by atoms with Crippen LogP contribution in [0.2, 0.25) is 0 Å². The summed E-state index contributed by atoms with van der Waals surface area (Å²) >= 11 is 0. The Kier molecular flexibility index (Phi) is 4.09. The van der Waals surface area contributed by atoms with Gasteiger partial charge in [-0.2, -0.15) is 0 Å². The molecule has 1 fully saturated rings. The molecular formula is C13H13F3N2O. The molecule has 0 unspecified atom stereocenters. The molecule has 2 N–H and O–H groups in total. The molecule has 1 aliphatic rings. The lowest BCUT2D eigenvalue weighted by Crippen LogP contribution is -2.25. The van der Waals surface area contributed by atoms with E-state index in [9.17, 15) is 18.0 Å². The molecule has 1 aromatic carbocycles. The highest BCUT2D eigenvalue weighted by Gasteiger charge is 2.15. The topological polar surface area (TPSA) is 41.1 Å². The maximum Gasteiger partial charge on any atom is 0.323 e. The van der Waals surface area contributed by atoms with Gasteiger partial charge in [0, 0.05) is 6.20 Å². The maximum absolute atomic E-state index is 13.3. The maximum atomic E-state index is 13.3. The number of hydrogen-bond donors (Lipinski definition) is 2. The van der Waals surface area contributed by atoms with Crippen molar-refractivity contribution in [3.05, 3.63) is 41.4 Å². The summed E-state index contributed by atoms with van der Waals surface area (Å²) in [7, 11) is 0. The average Bonchev–Trinajstić information content (AvgIpc) is 2.90. The van der Waals surface area contributed by atoms with Crippen LogP contribution in [0.3, 0.4) is 0 Å². The number of anilines is 1. The lowest BCUT2D eigenvalue weighted by molar-refractivity contribution is 0.255. The zero-order chi connectivity index (χ0) is 13.8. The third-order valence-electron chi connectivity index (χ3n) is 2.94. The number of nitrogens with one attached hydrogen (secondary N) is 2. The van der Waals surface area contributed by atoms with E-state index in [2.05, 4.69) is 10.6 Å². The van der Waals surface area contributed by atoms with E-state index in [-0.39, 0.29) is 0 Å². The van der Waals surface area contributed by atoms with E-state index < -0.39 is 29.2 Å². The van der Waals surface area contributed by atoms with Gasteiger partial charge in [0.1, 0.15) is 0 Å². The number of allylic oxidation sites excluding steroid dienone is 1. The van der Waals surface area contributed by atoms with Gasteiger partial charge in [0.2, 0.25) is 0 Å². The molecule has 1 aromatic rings. The number of carbonyl (C=O) groups is 1. The second kappa shape index (κ2) is 5.77. The third kappa shape index (κ3) is 3.27. The van der Waals surface area contributed by atoms with Crippen LogP contribution in [0.25, 0.3) is 0 Å². The summed E-state index contributed by atoms with van der Waals surface area (Å²) in [5.41, 5.74) is 0.710. The highest BCUT2D eigenvalue weighted by atomic mass is 19.2. The first kappa shape index (κ1) is 13.5. The fraction of sp³-hybridized carbons (Fsp3) is 0.308. The van der Waals surface area contributed by atoms with Gasteiger partial charge in [0.25, 0.3) is 0 Å². The van der Waals surface area contributed by atoms with Crippen molar-refractivity contribution < 1.29 is 18.0 Å². The summed E-state index contributed by atoms with van der Waals surface area (Å²) in [5, 5.41) is 4.57. The molecule has 0 spiro atoms. The van der Waals surface area contributed by atoms with Gasteiger partial charge >= 0.3 is 6.03 Å². The summed E-state index contributed by atoms with van der Waals surface area (Å²) in [6.07, 6.45) is 5.61. The van der Waals surface area contributed by atoms with Gasteiger partial charge in [-0.15, -0.1) is 0 Å². The molecule has 1 saturated carbocycles. The van der Waals surface area contributed by atoms with E-state index in [0.29, 0.717) is 0 Å². The van der Waals surface area contributed by atoms with Crippen LogP contribution in [-0.4, -0.2) is 6.03 Å². The minimum absolute atomic E-state index is 0.402. The van der Waals surface area contributed by atoms with Crippen molar-refractivity contribution in [2.75, 3.05) is 5.32 Å². The molecule has 19 heavy (non-hydrogen) atoms. The van der Waals surface area contributed by atoms with Crippen molar-refractivity contribution in [1.82, 2.24) is 5.32 Å². The Morgan fingerprint density at radius 2 is 1.79 bits per heavy atom. The van der Waals surface area contributed by atoms with E-state index >= 15 is 0 Å². The number of benzene rings is 1. The minimum atomic E-state index is -1.60. The SMILES string of the molecule is O=C(NC=C1CCCC1)Nc1ccc(F)c(F)c1F. The third-order valence-corrected chi connectivity index (χ3v) is 2.94. The smallest absolute Gasteiger partial charge is 0.314 e. The highest BCUT2D eigenvalue weighted by molar-refractivity contribution is 5.90. The van der Waals surface area contributed by atoms with Crippen molar-refractivity contribution in [3.63, 3.8) is 0 Å². The molecule has 6 heteroatoms. The number of amides is 2. The first-order chi connectivity index (χ1) is 9.08. The fourth-order valence-electron chi connectivity index (χ4n) is 1.92. The van der Waals surface area contributed by atoms with Crippen molar-refractivity contribution in [2.45, 2.75) is 25.7 Å². The molecule has 2 amide bonds. The Labute approximate surface area is 108 Å². The zero-order valence-corrected chi connectivity index (χ0v) is 10.1. The number of urea groups is 1. The standard InChI is InChI=1S/C13H13F3N2O/c14-9-5-6-10(12(16)11(9)15)18-13(19)17-7-8-3-1-2-4-8/h5-7H,1-4H2,(H2,17,18,19). The Morgan fingerprint density at radius 3 is 2.47 bits per heavy atom. The van der Waals surface area contributed by atoms with Gasteiger partial charge in [-0.1, -0.05) is 5.57 Å². The largest absolute Gasteiger partial charge is 0.323 e. The van der Waals surface area contributed by atoms with Gasteiger partial charge in [-0.3, -0.25) is 0 Å². The molecule has 2 rings (SSSR count). The summed E-state index contributed by atoms with van der Waals surface area (Å²) in [6, 6.07) is 1.03. The molecule has 102 valence electrons. The van der Waals surface area contributed by atoms with E-state index in [1.54, 1.807) is 6.20 Å². The van der Waals surface area contributed by atoms with E-state index in [1.807, 2.05) is 0 Å². The van der Waals surface area contributed by atoms with Crippen LogP contribution in [0.4, 0.5) is 23.7 Å². The average molecular weight is 270 g/mol. The van der Waals surface area contributed by atoms with Crippen molar-refractivity contribution >= 4 is 11.7 Å². The molecule has 3 nitrogen and oxygen atoms in total. The van der Waals surface area contributed by atoms with E-state index in [1.165, 1.54) is 0 Å². The molecule has 0 heterocycles. The highest BCUT2D eigenvalue weighted by Crippen LogP contribution is 2.23. The van der Waals surface area contributed by atoms with Gasteiger partial charge in [0.15, 0.2) is 17.5 Å². The molecule has 0 atom stereocenters. The molecule has 0 saturated heterocycles. The van der Waals surface area contributed by atoms with Crippen molar-refractivity contribution in [1.29, 1.82) is 0 Å². The Bertz CT molecular complexity index is 521. The predicted octanol–water partition coefficient (Wildman–Crippen LogP) is 3.68. The van der Waals surface area contributed by atoms with Crippen LogP contribution in [0.5, 0.6) is 0 Å². The molecule has 1 aliphatic carbocycles. The summed E-state index contributed by atoms with van der Waals surface area (Å²) in [4.78, 5) is 11.5. The van der Waals surface area contributed by atoms with Crippen LogP contribution in [-0.2, 0) is 0 Å². The van der Waals surface area contributed by atoms with Gasteiger partial charge in [-0.25, -0.2) is 18.0 Å². The van der Waals surface area contributed by atoms with Gasteiger partial charge in [-0.05, 0) is 37.8 Å². The quantitative estimate of drug-likeness (QED) is 0.791. The second-order valence-corrected chi connectivity index (χ2v) is 4.33. The van der Waals surface area contributed by atoms with Crippen molar-refractivity contribution in [2.24, 2.45) is 0 Å². The molecule has 0 bridgehead atoms. The van der Waals surface area contributed by atoms with Crippen LogP contribution in [0, 0.1) is 17.5 Å². The summed E-state index contributed by atoms with van der Waals surface area (Å²) in [5.74, 6) is -4.31. The molecule has 0 aliphatic heterocycles. The fourth-order valence-corrected chi connectivity index (χ4v) is 1.92. The second-order valence-electron chi connectivity index (χ2n) is 4.33. The first-order valence-electron chi connectivity index (χ1n) is 5.97.